The molecule has 5 rings (SSSR count). The van der Waals surface area contributed by atoms with Crippen LogP contribution >= 0.6 is 11.8 Å². The largest absolute Gasteiger partial charge is 0.322 e. The highest BCUT2D eigenvalue weighted by molar-refractivity contribution is 8.00. The number of benzene rings is 4. The first kappa shape index (κ1) is 22.0. The summed E-state index contributed by atoms with van der Waals surface area (Å²) in [7, 11) is 0. The molecule has 1 fully saturated rings. The Labute approximate surface area is 203 Å². The molecule has 0 aromatic heterocycles. The van der Waals surface area contributed by atoms with Crippen LogP contribution in [-0.2, 0) is 11.3 Å². The lowest BCUT2D eigenvalue weighted by Gasteiger charge is -2.24. The molecule has 1 aliphatic rings. The number of anilines is 1. The summed E-state index contributed by atoms with van der Waals surface area (Å²) < 4.78 is 0. The molecular formula is C29H24N2O2S. The van der Waals surface area contributed by atoms with Gasteiger partial charge in [0, 0.05) is 23.4 Å². The second-order valence-electron chi connectivity index (χ2n) is 8.16. The van der Waals surface area contributed by atoms with E-state index in [1.807, 2.05) is 114 Å². The standard InChI is InChI=1S/C29H24N2O2S/c32-27-20-34-29(31(27)19-21-9-3-1-4-10-21)24-17-15-23(16-18-24)28(33)30-26-14-8-7-13-25(26)22-11-5-2-6-12-22/h1-18,29H,19-20H2,(H,30,33)/t29-/m0/s1. The van der Waals surface area contributed by atoms with Crippen molar-refractivity contribution in [3.05, 3.63) is 126 Å². The molecule has 4 aromatic carbocycles. The molecule has 4 aromatic rings. The van der Waals surface area contributed by atoms with Gasteiger partial charge in [0.15, 0.2) is 0 Å². The van der Waals surface area contributed by atoms with Crippen LogP contribution in [0, 0.1) is 0 Å². The van der Waals surface area contributed by atoms with E-state index in [1.165, 1.54) is 0 Å². The third kappa shape index (κ3) is 4.75. The Hall–Kier alpha value is -3.83. The van der Waals surface area contributed by atoms with E-state index in [9.17, 15) is 9.59 Å². The summed E-state index contributed by atoms with van der Waals surface area (Å²) in [4.78, 5) is 27.4. The summed E-state index contributed by atoms with van der Waals surface area (Å²) in [6, 6.07) is 35.4. The Morgan fingerprint density at radius 1 is 0.824 bits per heavy atom. The van der Waals surface area contributed by atoms with Crippen molar-refractivity contribution in [2.24, 2.45) is 0 Å². The normalized spacial score (nSPS) is 15.4. The summed E-state index contributed by atoms with van der Waals surface area (Å²) >= 11 is 1.62. The number of hydrogen-bond donors (Lipinski definition) is 1. The molecule has 0 bridgehead atoms. The number of nitrogens with zero attached hydrogens (tertiary/aromatic N) is 1. The molecule has 1 atom stereocenters. The van der Waals surface area contributed by atoms with E-state index < -0.39 is 0 Å². The second-order valence-corrected chi connectivity index (χ2v) is 9.23. The van der Waals surface area contributed by atoms with Crippen LogP contribution in [0.5, 0.6) is 0 Å². The maximum atomic E-state index is 13.0. The predicted octanol–water partition coefficient (Wildman–Crippen LogP) is 6.38. The van der Waals surface area contributed by atoms with E-state index in [-0.39, 0.29) is 17.2 Å². The van der Waals surface area contributed by atoms with Gasteiger partial charge in [0.25, 0.3) is 5.91 Å². The van der Waals surface area contributed by atoms with Crippen molar-refractivity contribution >= 4 is 29.3 Å². The lowest BCUT2D eigenvalue weighted by Crippen LogP contribution is -2.27. The number of nitrogens with one attached hydrogen (secondary N) is 1. The van der Waals surface area contributed by atoms with Crippen LogP contribution < -0.4 is 5.32 Å². The van der Waals surface area contributed by atoms with Crippen LogP contribution in [0.3, 0.4) is 0 Å². The fraction of sp³-hybridized carbons (Fsp3) is 0.103. The first-order valence-corrected chi connectivity index (χ1v) is 12.2. The van der Waals surface area contributed by atoms with Gasteiger partial charge in [0.1, 0.15) is 5.37 Å². The molecule has 2 amide bonds. The van der Waals surface area contributed by atoms with E-state index in [2.05, 4.69) is 5.32 Å². The van der Waals surface area contributed by atoms with Gasteiger partial charge < -0.3 is 10.2 Å². The number of hydrogen-bond acceptors (Lipinski definition) is 3. The molecule has 0 saturated carbocycles. The zero-order valence-corrected chi connectivity index (χ0v) is 19.4. The minimum absolute atomic E-state index is 0.0522. The Balaban J connectivity index is 1.32. The van der Waals surface area contributed by atoms with Gasteiger partial charge in [-0.3, -0.25) is 9.59 Å². The van der Waals surface area contributed by atoms with Crippen LogP contribution in [0.15, 0.2) is 109 Å². The van der Waals surface area contributed by atoms with Gasteiger partial charge in [-0.15, -0.1) is 11.8 Å². The maximum Gasteiger partial charge on any atom is 0.255 e. The van der Waals surface area contributed by atoms with Gasteiger partial charge in [-0.2, -0.15) is 0 Å². The lowest BCUT2D eigenvalue weighted by molar-refractivity contribution is -0.128. The number of amides is 2. The van der Waals surface area contributed by atoms with Crippen molar-refractivity contribution in [3.63, 3.8) is 0 Å². The topological polar surface area (TPSA) is 49.4 Å². The molecule has 34 heavy (non-hydrogen) atoms. The Morgan fingerprint density at radius 3 is 2.21 bits per heavy atom. The maximum absolute atomic E-state index is 13.0. The Bertz CT molecular complexity index is 1290. The number of thioether (sulfide) groups is 1. The fourth-order valence-corrected chi connectivity index (χ4v) is 5.32. The third-order valence-corrected chi connectivity index (χ3v) is 7.14. The smallest absolute Gasteiger partial charge is 0.255 e. The summed E-state index contributed by atoms with van der Waals surface area (Å²) in [5.74, 6) is 0.445. The predicted molar refractivity (Wildman–Crippen MR) is 138 cm³/mol. The highest BCUT2D eigenvalue weighted by atomic mass is 32.2. The van der Waals surface area contributed by atoms with Gasteiger partial charge >= 0.3 is 0 Å². The van der Waals surface area contributed by atoms with E-state index in [4.69, 9.17) is 0 Å². The highest BCUT2D eigenvalue weighted by Crippen LogP contribution is 2.39. The van der Waals surface area contributed by atoms with Crippen LogP contribution in [-0.4, -0.2) is 22.5 Å². The quantitative estimate of drug-likeness (QED) is 0.360. The molecule has 0 radical (unpaired) electrons. The molecule has 1 heterocycles. The first-order chi connectivity index (χ1) is 16.7. The minimum Gasteiger partial charge on any atom is -0.322 e. The van der Waals surface area contributed by atoms with Crippen LogP contribution in [0.25, 0.3) is 11.1 Å². The average Bonchev–Trinajstić information content (AvgIpc) is 3.25. The molecule has 5 heteroatoms. The summed E-state index contributed by atoms with van der Waals surface area (Å²) in [5, 5.41) is 3.00. The van der Waals surface area contributed by atoms with E-state index >= 15 is 0 Å². The minimum atomic E-state index is -0.161. The zero-order chi connectivity index (χ0) is 23.3. The molecule has 4 nitrogen and oxygen atoms in total. The molecular weight excluding hydrogens is 440 g/mol. The van der Waals surface area contributed by atoms with Gasteiger partial charge in [0.05, 0.1) is 5.75 Å². The first-order valence-electron chi connectivity index (χ1n) is 11.2. The van der Waals surface area contributed by atoms with Crippen molar-refractivity contribution in [1.29, 1.82) is 0 Å². The van der Waals surface area contributed by atoms with Crippen molar-refractivity contribution in [3.8, 4) is 11.1 Å². The monoisotopic (exact) mass is 464 g/mol. The van der Waals surface area contributed by atoms with Gasteiger partial charge in [-0.1, -0.05) is 91.0 Å². The lowest BCUT2D eigenvalue weighted by atomic mass is 10.0. The molecule has 0 unspecified atom stereocenters. The van der Waals surface area contributed by atoms with E-state index in [1.54, 1.807) is 11.8 Å². The number of carbonyl (C=O) groups is 2. The van der Waals surface area contributed by atoms with Gasteiger partial charge in [0.2, 0.25) is 5.91 Å². The third-order valence-electron chi connectivity index (χ3n) is 5.88. The summed E-state index contributed by atoms with van der Waals surface area (Å²) in [5.41, 5.74) is 5.51. The fourth-order valence-electron chi connectivity index (χ4n) is 4.14. The summed E-state index contributed by atoms with van der Waals surface area (Å²) in [6.45, 7) is 0.579. The van der Waals surface area contributed by atoms with Crippen LogP contribution in [0.4, 0.5) is 5.69 Å². The van der Waals surface area contributed by atoms with Crippen molar-refractivity contribution in [2.45, 2.75) is 11.9 Å². The molecule has 0 aliphatic carbocycles. The number of rotatable bonds is 6. The average molecular weight is 465 g/mol. The molecule has 0 spiro atoms. The van der Waals surface area contributed by atoms with Crippen LogP contribution in [0.2, 0.25) is 0 Å². The number of carbonyl (C=O) groups excluding carboxylic acids is 2. The number of para-hydroxylation sites is 1. The molecule has 168 valence electrons. The highest BCUT2D eigenvalue weighted by Gasteiger charge is 2.32. The summed E-state index contributed by atoms with van der Waals surface area (Å²) in [6.07, 6.45) is 0. The van der Waals surface area contributed by atoms with Crippen molar-refractivity contribution in [2.75, 3.05) is 11.1 Å². The van der Waals surface area contributed by atoms with E-state index in [0.29, 0.717) is 17.9 Å². The molecule has 1 N–H and O–H groups in total. The van der Waals surface area contributed by atoms with E-state index in [0.717, 1.165) is 27.9 Å². The molecule has 1 aliphatic heterocycles. The van der Waals surface area contributed by atoms with Crippen molar-refractivity contribution < 1.29 is 9.59 Å². The molecule has 1 saturated heterocycles. The Kier molecular flexibility index (Phi) is 6.45. The van der Waals surface area contributed by atoms with Crippen LogP contribution in [0.1, 0.15) is 26.9 Å². The SMILES string of the molecule is O=C(Nc1ccccc1-c1ccccc1)c1ccc([C@@H]2SCC(=O)N2Cc2ccccc2)cc1. The Morgan fingerprint density at radius 2 is 1.47 bits per heavy atom. The zero-order valence-electron chi connectivity index (χ0n) is 18.6. The second kappa shape index (κ2) is 9.98. The van der Waals surface area contributed by atoms with Gasteiger partial charge in [-0.05, 0) is 34.9 Å². The van der Waals surface area contributed by atoms with Gasteiger partial charge in [-0.25, -0.2) is 0 Å². The van der Waals surface area contributed by atoms with Crippen molar-refractivity contribution in [1.82, 2.24) is 4.90 Å².